The zero-order valence-electron chi connectivity index (χ0n) is 12.9. The zero-order valence-corrected chi connectivity index (χ0v) is 13.6. The first-order valence-electron chi connectivity index (χ1n) is 8.33. The van der Waals surface area contributed by atoms with Crippen LogP contribution in [0.3, 0.4) is 0 Å². The highest BCUT2D eigenvalue weighted by atomic mass is 35.5. The van der Waals surface area contributed by atoms with Crippen LogP contribution in [-0.4, -0.2) is 5.88 Å². The van der Waals surface area contributed by atoms with Gasteiger partial charge in [0.2, 0.25) is 0 Å². The van der Waals surface area contributed by atoms with Crippen LogP contribution in [0.2, 0.25) is 0 Å². The molecule has 0 aromatic carbocycles. The second-order valence-corrected chi connectivity index (χ2v) is 6.49. The average Bonchev–Trinajstić information content (AvgIpc) is 2.34. The molecule has 1 heteroatoms. The van der Waals surface area contributed by atoms with Crippen LogP contribution in [-0.2, 0) is 0 Å². The molecule has 0 N–H and O–H groups in total. The highest BCUT2D eigenvalue weighted by Gasteiger charge is 1.95. The van der Waals surface area contributed by atoms with Crippen molar-refractivity contribution in [1.82, 2.24) is 0 Å². The summed E-state index contributed by atoms with van der Waals surface area (Å²) in [4.78, 5) is 0. The molecule has 0 aliphatic carbocycles. The Labute approximate surface area is 121 Å². The Morgan fingerprint density at radius 2 is 0.889 bits per heavy atom. The Balaban J connectivity index is 2.90. The Kier molecular flexibility index (Phi) is 15.6. The predicted molar refractivity (Wildman–Crippen MR) is 85.6 cm³/mol. The van der Waals surface area contributed by atoms with Gasteiger partial charge in [0.25, 0.3) is 0 Å². The maximum absolute atomic E-state index is 5.65. The summed E-state index contributed by atoms with van der Waals surface area (Å²) in [5, 5.41) is 0. The lowest BCUT2D eigenvalue weighted by Crippen LogP contribution is -1.87. The summed E-state index contributed by atoms with van der Waals surface area (Å²) in [6.45, 7) is 4.65. The van der Waals surface area contributed by atoms with E-state index in [9.17, 15) is 0 Å². The molecule has 0 nitrogen and oxygen atoms in total. The molecule has 18 heavy (non-hydrogen) atoms. The van der Waals surface area contributed by atoms with Gasteiger partial charge in [0.05, 0.1) is 0 Å². The number of unbranched alkanes of at least 4 members (excludes halogenated alkanes) is 11. The van der Waals surface area contributed by atoms with Gasteiger partial charge in [-0.3, -0.25) is 0 Å². The molecule has 110 valence electrons. The molecule has 0 aliphatic rings. The van der Waals surface area contributed by atoms with Gasteiger partial charge in [-0.15, -0.1) is 11.6 Å². The first-order chi connectivity index (χ1) is 8.77. The molecule has 0 rings (SSSR count). The molecule has 0 bridgehead atoms. The molecular weight excluding hydrogens is 240 g/mol. The van der Waals surface area contributed by atoms with Crippen molar-refractivity contribution in [2.24, 2.45) is 5.92 Å². The topological polar surface area (TPSA) is 0 Å². The summed E-state index contributed by atoms with van der Waals surface area (Å²) >= 11 is 5.65. The number of alkyl halides is 1. The highest BCUT2D eigenvalue weighted by molar-refractivity contribution is 6.17. The van der Waals surface area contributed by atoms with Gasteiger partial charge in [-0.2, -0.15) is 0 Å². The lowest BCUT2D eigenvalue weighted by molar-refractivity contribution is 0.504. The van der Waals surface area contributed by atoms with Crippen molar-refractivity contribution in [1.29, 1.82) is 0 Å². The van der Waals surface area contributed by atoms with E-state index in [1.807, 2.05) is 0 Å². The molecule has 0 aromatic rings. The van der Waals surface area contributed by atoms with Crippen LogP contribution in [0, 0.1) is 5.92 Å². The van der Waals surface area contributed by atoms with Crippen LogP contribution in [0.1, 0.15) is 97.3 Å². The minimum absolute atomic E-state index is 0.844. The van der Waals surface area contributed by atoms with Gasteiger partial charge in [0.15, 0.2) is 0 Å². The van der Waals surface area contributed by atoms with Gasteiger partial charge >= 0.3 is 0 Å². The smallest absolute Gasteiger partial charge is 0.0223 e. The molecule has 0 saturated heterocycles. The van der Waals surface area contributed by atoms with E-state index in [0.29, 0.717) is 0 Å². The van der Waals surface area contributed by atoms with E-state index in [1.54, 1.807) is 0 Å². The van der Waals surface area contributed by atoms with Crippen molar-refractivity contribution in [3.63, 3.8) is 0 Å². The first-order valence-corrected chi connectivity index (χ1v) is 8.86. The van der Waals surface area contributed by atoms with Gasteiger partial charge in [-0.25, -0.2) is 0 Å². The minimum atomic E-state index is 0.844. The fourth-order valence-electron chi connectivity index (χ4n) is 2.41. The number of halogens is 1. The molecule has 0 amide bonds. The molecule has 0 spiro atoms. The van der Waals surface area contributed by atoms with Crippen LogP contribution >= 0.6 is 11.6 Å². The van der Waals surface area contributed by atoms with Gasteiger partial charge in [0, 0.05) is 5.88 Å². The van der Waals surface area contributed by atoms with Crippen LogP contribution in [0.5, 0.6) is 0 Å². The van der Waals surface area contributed by atoms with Crippen molar-refractivity contribution in [2.45, 2.75) is 97.3 Å². The Morgan fingerprint density at radius 1 is 0.556 bits per heavy atom. The molecule has 0 atom stereocenters. The van der Waals surface area contributed by atoms with E-state index in [1.165, 1.54) is 83.5 Å². The second kappa shape index (κ2) is 15.3. The van der Waals surface area contributed by atoms with Gasteiger partial charge in [0.1, 0.15) is 0 Å². The van der Waals surface area contributed by atoms with Crippen LogP contribution in [0.15, 0.2) is 0 Å². The van der Waals surface area contributed by atoms with Crippen LogP contribution < -0.4 is 0 Å². The van der Waals surface area contributed by atoms with Gasteiger partial charge in [-0.1, -0.05) is 90.9 Å². The normalized spacial score (nSPS) is 11.3. The van der Waals surface area contributed by atoms with E-state index in [0.717, 1.165) is 11.8 Å². The second-order valence-electron chi connectivity index (χ2n) is 6.11. The van der Waals surface area contributed by atoms with Crippen molar-refractivity contribution in [3.05, 3.63) is 0 Å². The monoisotopic (exact) mass is 274 g/mol. The molecular formula is C17H35Cl. The SMILES string of the molecule is CC(C)CCCCCCCCCCCCCCCl. The van der Waals surface area contributed by atoms with Crippen LogP contribution in [0.4, 0.5) is 0 Å². The summed E-state index contributed by atoms with van der Waals surface area (Å²) in [5.41, 5.74) is 0. The van der Waals surface area contributed by atoms with Crippen molar-refractivity contribution < 1.29 is 0 Å². The Bertz CT molecular complexity index is 143. The summed E-state index contributed by atoms with van der Waals surface area (Å²) in [5.74, 6) is 1.74. The molecule has 0 aliphatic heterocycles. The van der Waals surface area contributed by atoms with Crippen LogP contribution in [0.25, 0.3) is 0 Å². The van der Waals surface area contributed by atoms with E-state index >= 15 is 0 Å². The number of hydrogen-bond donors (Lipinski definition) is 0. The van der Waals surface area contributed by atoms with Gasteiger partial charge in [-0.05, 0) is 12.3 Å². The predicted octanol–water partition coefficient (Wildman–Crippen LogP) is 6.95. The first kappa shape index (κ1) is 18.3. The number of hydrogen-bond acceptors (Lipinski definition) is 0. The largest absolute Gasteiger partial charge is 0.127 e. The third-order valence-corrected chi connectivity index (χ3v) is 3.93. The lowest BCUT2D eigenvalue weighted by Gasteiger charge is -2.04. The number of rotatable bonds is 14. The fourth-order valence-corrected chi connectivity index (χ4v) is 2.60. The summed E-state index contributed by atoms with van der Waals surface area (Å²) in [7, 11) is 0. The van der Waals surface area contributed by atoms with E-state index in [4.69, 9.17) is 11.6 Å². The standard InChI is InChI=1S/C17H35Cl/c1-17(2)15-13-11-9-7-5-3-4-6-8-10-12-14-16-18/h17H,3-16H2,1-2H3. The molecule has 0 aromatic heterocycles. The van der Waals surface area contributed by atoms with Crippen molar-refractivity contribution in [2.75, 3.05) is 5.88 Å². The molecule has 0 fully saturated rings. The zero-order chi connectivity index (χ0) is 13.5. The maximum Gasteiger partial charge on any atom is 0.0223 e. The van der Waals surface area contributed by atoms with E-state index in [-0.39, 0.29) is 0 Å². The van der Waals surface area contributed by atoms with Crippen molar-refractivity contribution >= 4 is 11.6 Å². The Morgan fingerprint density at radius 3 is 1.22 bits per heavy atom. The summed E-state index contributed by atoms with van der Waals surface area (Å²) < 4.78 is 0. The van der Waals surface area contributed by atoms with E-state index in [2.05, 4.69) is 13.8 Å². The summed E-state index contributed by atoms with van der Waals surface area (Å²) in [6, 6.07) is 0. The van der Waals surface area contributed by atoms with E-state index < -0.39 is 0 Å². The fraction of sp³-hybridized carbons (Fsp3) is 1.00. The summed E-state index contributed by atoms with van der Waals surface area (Å²) in [6.07, 6.45) is 18.4. The minimum Gasteiger partial charge on any atom is -0.127 e. The molecule has 0 unspecified atom stereocenters. The molecule has 0 heterocycles. The molecule has 0 radical (unpaired) electrons. The third-order valence-electron chi connectivity index (χ3n) is 3.67. The lowest BCUT2D eigenvalue weighted by atomic mass is 10.0. The Hall–Kier alpha value is 0.290. The maximum atomic E-state index is 5.65. The average molecular weight is 275 g/mol. The quantitative estimate of drug-likeness (QED) is 0.237. The third kappa shape index (κ3) is 16.3. The molecule has 0 saturated carbocycles. The van der Waals surface area contributed by atoms with Crippen molar-refractivity contribution in [3.8, 4) is 0 Å². The van der Waals surface area contributed by atoms with Gasteiger partial charge < -0.3 is 0 Å². The highest BCUT2D eigenvalue weighted by Crippen LogP contribution is 2.14.